The monoisotopic (exact) mass is 316 g/mol. The van der Waals surface area contributed by atoms with Crippen LogP contribution in [-0.4, -0.2) is 5.11 Å². The molecule has 0 saturated heterocycles. The van der Waals surface area contributed by atoms with Crippen molar-refractivity contribution in [1.29, 1.82) is 0 Å². The third-order valence-corrected chi connectivity index (χ3v) is 4.38. The van der Waals surface area contributed by atoms with E-state index < -0.39 is 0 Å². The summed E-state index contributed by atoms with van der Waals surface area (Å²) in [5, 5.41) is 10.4. The fraction of sp³-hybridized carbons (Fsp3) is 0.294. The first-order chi connectivity index (χ1) is 9.13. The van der Waals surface area contributed by atoms with Gasteiger partial charge in [-0.1, -0.05) is 46.3 Å². The maximum absolute atomic E-state index is 10.4. The van der Waals surface area contributed by atoms with Crippen molar-refractivity contribution in [2.75, 3.05) is 0 Å². The Kier molecular flexibility index (Phi) is 3.46. The van der Waals surface area contributed by atoms with Crippen LogP contribution in [0.4, 0.5) is 0 Å². The number of aryl methyl sites for hydroxylation is 1. The van der Waals surface area contributed by atoms with Gasteiger partial charge in [0.25, 0.3) is 0 Å². The van der Waals surface area contributed by atoms with E-state index in [1.54, 1.807) is 0 Å². The highest BCUT2D eigenvalue weighted by Crippen LogP contribution is 2.40. The maximum Gasteiger partial charge on any atom is 0.0796 e. The molecule has 0 fully saturated rings. The quantitative estimate of drug-likeness (QED) is 0.882. The van der Waals surface area contributed by atoms with Crippen LogP contribution in [-0.2, 0) is 6.42 Å². The normalized spacial score (nSPS) is 18.6. The molecule has 2 aromatic rings. The Morgan fingerprint density at radius 2 is 2.05 bits per heavy atom. The second-order valence-corrected chi connectivity index (χ2v) is 6.33. The topological polar surface area (TPSA) is 20.2 Å². The summed E-state index contributed by atoms with van der Waals surface area (Å²) in [6, 6.07) is 14.7. The first-order valence-electron chi connectivity index (χ1n) is 6.66. The smallest absolute Gasteiger partial charge is 0.0796 e. The van der Waals surface area contributed by atoms with Crippen molar-refractivity contribution in [2.45, 2.75) is 31.8 Å². The zero-order chi connectivity index (χ0) is 13.4. The van der Waals surface area contributed by atoms with Gasteiger partial charge in [0.15, 0.2) is 0 Å². The van der Waals surface area contributed by atoms with Crippen LogP contribution in [0.2, 0.25) is 0 Å². The molecule has 0 amide bonds. The zero-order valence-electron chi connectivity index (χ0n) is 10.9. The summed E-state index contributed by atoms with van der Waals surface area (Å²) in [5.41, 5.74) is 5.03. The minimum Gasteiger partial charge on any atom is -0.388 e. The van der Waals surface area contributed by atoms with Gasteiger partial charge in [0, 0.05) is 4.47 Å². The lowest BCUT2D eigenvalue weighted by molar-refractivity contribution is 0.153. The maximum atomic E-state index is 10.4. The molecule has 19 heavy (non-hydrogen) atoms. The molecule has 0 saturated carbocycles. The van der Waals surface area contributed by atoms with E-state index in [0.29, 0.717) is 5.92 Å². The molecule has 3 rings (SSSR count). The predicted octanol–water partition coefficient (Wildman–Crippen LogP) is 4.52. The Morgan fingerprint density at radius 3 is 2.79 bits per heavy atom. The number of hydrogen-bond donors (Lipinski definition) is 1. The van der Waals surface area contributed by atoms with Crippen LogP contribution < -0.4 is 0 Å². The highest BCUT2D eigenvalue weighted by molar-refractivity contribution is 9.10. The molecule has 2 aromatic carbocycles. The van der Waals surface area contributed by atoms with Crippen LogP contribution >= 0.6 is 15.9 Å². The number of fused-ring (bicyclic) bond motifs is 1. The van der Waals surface area contributed by atoms with E-state index in [9.17, 15) is 5.11 Å². The van der Waals surface area contributed by atoms with Crippen molar-refractivity contribution in [3.8, 4) is 0 Å². The summed E-state index contributed by atoms with van der Waals surface area (Å²) >= 11 is 3.49. The molecule has 98 valence electrons. The summed E-state index contributed by atoms with van der Waals surface area (Å²) < 4.78 is 1.04. The van der Waals surface area contributed by atoms with Gasteiger partial charge in [0.1, 0.15) is 0 Å². The van der Waals surface area contributed by atoms with E-state index in [4.69, 9.17) is 0 Å². The summed E-state index contributed by atoms with van der Waals surface area (Å²) in [6.07, 6.45) is 1.53. The first-order valence-corrected chi connectivity index (χ1v) is 7.46. The zero-order valence-corrected chi connectivity index (χ0v) is 12.5. The van der Waals surface area contributed by atoms with Gasteiger partial charge in [-0.15, -0.1) is 0 Å². The number of aliphatic hydroxyl groups is 1. The molecule has 0 bridgehead atoms. The number of aliphatic hydroxyl groups excluding tert-OH is 1. The lowest BCUT2D eigenvalue weighted by atomic mass is 9.74. The van der Waals surface area contributed by atoms with Crippen molar-refractivity contribution < 1.29 is 5.11 Å². The highest BCUT2D eigenvalue weighted by atomic mass is 79.9. The van der Waals surface area contributed by atoms with Crippen molar-refractivity contribution in [3.63, 3.8) is 0 Å². The van der Waals surface area contributed by atoms with Crippen molar-refractivity contribution in [3.05, 3.63) is 69.2 Å². The van der Waals surface area contributed by atoms with Crippen molar-refractivity contribution >= 4 is 15.9 Å². The van der Waals surface area contributed by atoms with Gasteiger partial charge in [-0.05, 0) is 60.1 Å². The third kappa shape index (κ3) is 2.60. The molecule has 0 aliphatic heterocycles. The lowest BCUT2D eigenvalue weighted by Gasteiger charge is -2.31. The average Bonchev–Trinajstić information content (AvgIpc) is 2.34. The standard InChI is InChI=1S/C17H17BrO/c1-11-6-14(9-15(18)7-11)17(19)10-13-8-12-4-2-3-5-16(12)13/h2-7,9,13,17,19H,8,10H2,1H3. The van der Waals surface area contributed by atoms with E-state index in [0.717, 1.165) is 22.9 Å². The first kappa shape index (κ1) is 12.9. The minimum absolute atomic E-state index is 0.380. The second-order valence-electron chi connectivity index (χ2n) is 5.41. The summed E-state index contributed by atoms with van der Waals surface area (Å²) in [7, 11) is 0. The van der Waals surface area contributed by atoms with Crippen molar-refractivity contribution in [2.24, 2.45) is 0 Å². The molecular weight excluding hydrogens is 300 g/mol. The molecule has 0 heterocycles. The van der Waals surface area contributed by atoms with Crippen LogP contribution in [0, 0.1) is 6.92 Å². The fourth-order valence-corrected chi connectivity index (χ4v) is 3.56. The molecule has 1 N–H and O–H groups in total. The molecule has 1 aliphatic carbocycles. The van der Waals surface area contributed by atoms with E-state index in [2.05, 4.69) is 59.3 Å². The minimum atomic E-state index is -0.380. The second kappa shape index (κ2) is 5.10. The van der Waals surface area contributed by atoms with Gasteiger partial charge in [-0.25, -0.2) is 0 Å². The Hall–Kier alpha value is -1.12. The van der Waals surface area contributed by atoms with Gasteiger partial charge in [0.05, 0.1) is 6.10 Å². The van der Waals surface area contributed by atoms with Gasteiger partial charge < -0.3 is 5.11 Å². The number of benzene rings is 2. The Morgan fingerprint density at radius 1 is 1.26 bits per heavy atom. The largest absolute Gasteiger partial charge is 0.388 e. The molecule has 0 radical (unpaired) electrons. The van der Waals surface area contributed by atoms with Gasteiger partial charge in [0.2, 0.25) is 0 Å². The lowest BCUT2D eigenvalue weighted by Crippen LogP contribution is -2.19. The third-order valence-electron chi connectivity index (χ3n) is 3.92. The number of halogens is 1. The number of hydrogen-bond acceptors (Lipinski definition) is 1. The molecule has 2 unspecified atom stereocenters. The molecule has 0 aromatic heterocycles. The van der Waals surface area contributed by atoms with Crippen LogP contribution in [0.1, 0.15) is 40.7 Å². The molecule has 1 aliphatic rings. The fourth-order valence-electron chi connectivity index (χ4n) is 2.94. The Bertz CT molecular complexity index is 586. The van der Waals surface area contributed by atoms with Crippen LogP contribution in [0.3, 0.4) is 0 Å². The van der Waals surface area contributed by atoms with E-state index in [-0.39, 0.29) is 6.10 Å². The van der Waals surface area contributed by atoms with Crippen LogP contribution in [0.25, 0.3) is 0 Å². The molecule has 2 atom stereocenters. The van der Waals surface area contributed by atoms with Gasteiger partial charge in [-0.3, -0.25) is 0 Å². The molecular formula is C17H17BrO. The van der Waals surface area contributed by atoms with Crippen LogP contribution in [0.15, 0.2) is 46.9 Å². The highest BCUT2D eigenvalue weighted by Gasteiger charge is 2.27. The number of rotatable bonds is 3. The van der Waals surface area contributed by atoms with Crippen LogP contribution in [0.5, 0.6) is 0 Å². The molecule has 2 heteroatoms. The van der Waals surface area contributed by atoms with Gasteiger partial charge in [-0.2, -0.15) is 0 Å². The Balaban J connectivity index is 1.74. The predicted molar refractivity (Wildman–Crippen MR) is 81.3 cm³/mol. The molecule has 1 nitrogen and oxygen atoms in total. The Labute approximate surface area is 122 Å². The van der Waals surface area contributed by atoms with Crippen molar-refractivity contribution in [1.82, 2.24) is 0 Å². The summed E-state index contributed by atoms with van der Waals surface area (Å²) in [5.74, 6) is 0.505. The van der Waals surface area contributed by atoms with E-state index in [1.165, 1.54) is 16.7 Å². The summed E-state index contributed by atoms with van der Waals surface area (Å²) in [4.78, 5) is 0. The summed E-state index contributed by atoms with van der Waals surface area (Å²) in [6.45, 7) is 2.06. The average molecular weight is 317 g/mol. The SMILES string of the molecule is Cc1cc(Br)cc(C(O)CC2Cc3ccccc32)c1. The van der Waals surface area contributed by atoms with E-state index >= 15 is 0 Å². The van der Waals surface area contributed by atoms with Gasteiger partial charge >= 0.3 is 0 Å². The van der Waals surface area contributed by atoms with E-state index in [1.807, 2.05) is 6.07 Å². The molecule has 0 spiro atoms.